The van der Waals surface area contributed by atoms with Gasteiger partial charge in [0.2, 0.25) is 5.79 Å². The van der Waals surface area contributed by atoms with Crippen LogP contribution in [0, 0.1) is 0 Å². The van der Waals surface area contributed by atoms with Crippen molar-refractivity contribution in [1.82, 2.24) is 0 Å². The van der Waals surface area contributed by atoms with E-state index in [1.54, 1.807) is 0 Å². The summed E-state index contributed by atoms with van der Waals surface area (Å²) in [5.74, 6) is 2.05. The van der Waals surface area contributed by atoms with Crippen LogP contribution in [0.3, 0.4) is 0 Å². The lowest BCUT2D eigenvalue weighted by molar-refractivity contribution is -0.0431. The Morgan fingerprint density at radius 2 is 1.86 bits per heavy atom. The number of hydrogen-bond acceptors (Lipinski definition) is 2. The van der Waals surface area contributed by atoms with Crippen molar-refractivity contribution in [3.05, 3.63) is 23.8 Å². The molecule has 1 fully saturated rings. The van der Waals surface area contributed by atoms with E-state index in [1.165, 1.54) is 18.4 Å². The molecule has 14 heavy (non-hydrogen) atoms. The molecule has 0 radical (unpaired) electrons. The minimum Gasteiger partial charge on any atom is -0.449 e. The third kappa shape index (κ3) is 1.26. The zero-order chi connectivity index (χ0) is 9.76. The van der Waals surface area contributed by atoms with Gasteiger partial charge in [0, 0.05) is 13.8 Å². The Hall–Kier alpha value is -1.18. The van der Waals surface area contributed by atoms with Gasteiger partial charge in [-0.25, -0.2) is 0 Å². The molecule has 74 valence electrons. The summed E-state index contributed by atoms with van der Waals surface area (Å²) in [6.07, 6.45) is 2.64. The molecule has 1 heterocycles. The fraction of sp³-hybridized carbons (Fsp3) is 0.500. The molecule has 0 aromatic heterocycles. The Morgan fingerprint density at radius 3 is 2.57 bits per heavy atom. The Kier molecular flexibility index (Phi) is 1.42. The monoisotopic (exact) mass is 190 g/mol. The molecule has 2 nitrogen and oxygen atoms in total. The van der Waals surface area contributed by atoms with Gasteiger partial charge in [0.05, 0.1) is 0 Å². The van der Waals surface area contributed by atoms with Gasteiger partial charge in [-0.05, 0) is 36.5 Å². The van der Waals surface area contributed by atoms with E-state index in [0.29, 0.717) is 0 Å². The molecule has 0 bridgehead atoms. The van der Waals surface area contributed by atoms with Crippen LogP contribution in [0.4, 0.5) is 0 Å². The summed E-state index contributed by atoms with van der Waals surface area (Å²) in [6.45, 7) is 3.87. The van der Waals surface area contributed by atoms with Crippen LogP contribution >= 0.6 is 0 Å². The predicted octanol–water partition coefficient (Wildman–Crippen LogP) is 3.07. The topological polar surface area (TPSA) is 18.5 Å². The Labute approximate surface area is 83.8 Å². The van der Waals surface area contributed by atoms with Gasteiger partial charge in [0.15, 0.2) is 11.5 Å². The summed E-state index contributed by atoms with van der Waals surface area (Å²) < 4.78 is 11.3. The standard InChI is InChI=1S/C12H14O2/c1-12(2)13-10-6-5-9(8-3-4-8)7-11(10)14-12/h5-8H,3-4H2,1-2H3. The van der Waals surface area contributed by atoms with Crippen LogP contribution in [0.2, 0.25) is 0 Å². The van der Waals surface area contributed by atoms with Crippen molar-refractivity contribution >= 4 is 0 Å². The van der Waals surface area contributed by atoms with Crippen LogP contribution in [0.15, 0.2) is 18.2 Å². The average Bonchev–Trinajstić information content (AvgIpc) is 2.86. The maximum Gasteiger partial charge on any atom is 0.246 e. The molecule has 0 spiro atoms. The van der Waals surface area contributed by atoms with E-state index in [1.807, 2.05) is 19.9 Å². The first kappa shape index (κ1) is 8.16. The molecule has 1 saturated carbocycles. The Balaban J connectivity index is 1.97. The second-order valence-electron chi connectivity index (χ2n) is 4.58. The molecule has 0 atom stereocenters. The summed E-state index contributed by atoms with van der Waals surface area (Å²) in [5.41, 5.74) is 1.39. The van der Waals surface area contributed by atoms with Gasteiger partial charge in [0.25, 0.3) is 0 Å². The fourth-order valence-corrected chi connectivity index (χ4v) is 1.91. The third-order valence-corrected chi connectivity index (χ3v) is 2.73. The molecule has 3 rings (SSSR count). The van der Waals surface area contributed by atoms with Gasteiger partial charge in [-0.15, -0.1) is 0 Å². The molecule has 0 N–H and O–H groups in total. The number of fused-ring (bicyclic) bond motifs is 1. The highest BCUT2D eigenvalue weighted by Gasteiger charge is 2.33. The fourth-order valence-electron chi connectivity index (χ4n) is 1.91. The molecule has 1 aromatic carbocycles. The van der Waals surface area contributed by atoms with Crippen molar-refractivity contribution in [1.29, 1.82) is 0 Å². The minimum atomic E-state index is -0.496. The van der Waals surface area contributed by atoms with E-state index in [9.17, 15) is 0 Å². The predicted molar refractivity (Wildman–Crippen MR) is 53.8 cm³/mol. The highest BCUT2D eigenvalue weighted by Crippen LogP contribution is 2.46. The SMILES string of the molecule is CC1(C)Oc2ccc(C3CC3)cc2O1. The van der Waals surface area contributed by atoms with Gasteiger partial charge >= 0.3 is 0 Å². The van der Waals surface area contributed by atoms with E-state index in [-0.39, 0.29) is 0 Å². The summed E-state index contributed by atoms with van der Waals surface area (Å²) in [4.78, 5) is 0. The zero-order valence-corrected chi connectivity index (χ0v) is 8.54. The van der Waals surface area contributed by atoms with Crippen LogP contribution in [-0.2, 0) is 0 Å². The minimum absolute atomic E-state index is 0.496. The van der Waals surface area contributed by atoms with Gasteiger partial charge in [-0.2, -0.15) is 0 Å². The second kappa shape index (κ2) is 2.44. The van der Waals surface area contributed by atoms with Gasteiger partial charge < -0.3 is 9.47 Å². The van der Waals surface area contributed by atoms with E-state index in [0.717, 1.165) is 17.4 Å². The lowest BCUT2D eigenvalue weighted by atomic mass is 10.1. The van der Waals surface area contributed by atoms with Crippen LogP contribution in [0.5, 0.6) is 11.5 Å². The lowest BCUT2D eigenvalue weighted by Gasteiger charge is -2.16. The van der Waals surface area contributed by atoms with Crippen LogP contribution in [0.1, 0.15) is 38.2 Å². The molecule has 2 heteroatoms. The van der Waals surface area contributed by atoms with Gasteiger partial charge in [-0.3, -0.25) is 0 Å². The number of rotatable bonds is 1. The van der Waals surface area contributed by atoms with E-state index >= 15 is 0 Å². The normalized spacial score (nSPS) is 22.4. The second-order valence-corrected chi connectivity index (χ2v) is 4.58. The first-order valence-corrected chi connectivity index (χ1v) is 5.16. The Bertz CT molecular complexity index is 378. The number of hydrogen-bond donors (Lipinski definition) is 0. The maximum absolute atomic E-state index is 5.69. The molecule has 0 amide bonds. The van der Waals surface area contributed by atoms with Crippen molar-refractivity contribution in [3.63, 3.8) is 0 Å². The van der Waals surface area contributed by atoms with Gasteiger partial charge in [-0.1, -0.05) is 6.07 Å². The van der Waals surface area contributed by atoms with Crippen LogP contribution in [-0.4, -0.2) is 5.79 Å². The molecule has 0 unspecified atom stereocenters. The van der Waals surface area contributed by atoms with Crippen molar-refractivity contribution < 1.29 is 9.47 Å². The summed E-state index contributed by atoms with van der Waals surface area (Å²) in [5, 5.41) is 0. The van der Waals surface area contributed by atoms with Crippen LogP contribution < -0.4 is 9.47 Å². The first-order valence-electron chi connectivity index (χ1n) is 5.16. The third-order valence-electron chi connectivity index (χ3n) is 2.73. The van der Waals surface area contributed by atoms with Crippen LogP contribution in [0.25, 0.3) is 0 Å². The van der Waals surface area contributed by atoms with E-state index in [4.69, 9.17) is 9.47 Å². The molecule has 1 aromatic rings. The molecule has 0 saturated heterocycles. The maximum atomic E-state index is 5.69. The summed E-state index contributed by atoms with van der Waals surface area (Å²) in [7, 11) is 0. The highest BCUT2D eigenvalue weighted by molar-refractivity contribution is 5.47. The molecular formula is C12H14O2. The lowest BCUT2D eigenvalue weighted by Crippen LogP contribution is -2.29. The molecule has 1 aliphatic carbocycles. The smallest absolute Gasteiger partial charge is 0.246 e. The van der Waals surface area contributed by atoms with Crippen molar-refractivity contribution in [2.24, 2.45) is 0 Å². The van der Waals surface area contributed by atoms with E-state index < -0.39 is 5.79 Å². The van der Waals surface area contributed by atoms with Crippen molar-refractivity contribution in [2.45, 2.75) is 38.4 Å². The van der Waals surface area contributed by atoms with Crippen molar-refractivity contribution in [3.8, 4) is 11.5 Å². The first-order chi connectivity index (χ1) is 6.64. The zero-order valence-electron chi connectivity index (χ0n) is 8.54. The molecule has 1 aliphatic heterocycles. The summed E-state index contributed by atoms with van der Waals surface area (Å²) in [6, 6.07) is 6.31. The number of ether oxygens (including phenoxy) is 2. The van der Waals surface area contributed by atoms with Gasteiger partial charge in [0.1, 0.15) is 0 Å². The highest BCUT2D eigenvalue weighted by atomic mass is 16.7. The quantitative estimate of drug-likeness (QED) is 0.677. The largest absolute Gasteiger partial charge is 0.449 e. The number of benzene rings is 1. The molecule has 2 aliphatic rings. The molecular weight excluding hydrogens is 176 g/mol. The summed E-state index contributed by atoms with van der Waals surface area (Å²) >= 11 is 0. The Morgan fingerprint density at radius 1 is 1.14 bits per heavy atom. The average molecular weight is 190 g/mol. The van der Waals surface area contributed by atoms with E-state index in [2.05, 4.69) is 12.1 Å². The van der Waals surface area contributed by atoms with Crippen molar-refractivity contribution in [2.75, 3.05) is 0 Å².